The number of rotatable bonds is 7. The van der Waals surface area contributed by atoms with Crippen LogP contribution in [-0.4, -0.2) is 6.54 Å². The first-order chi connectivity index (χ1) is 9.74. The third kappa shape index (κ3) is 4.08. The average Bonchev–Trinajstić information content (AvgIpc) is 2.94. The van der Waals surface area contributed by atoms with E-state index in [4.69, 9.17) is 11.6 Å². The van der Waals surface area contributed by atoms with E-state index in [1.807, 2.05) is 23.5 Å². The summed E-state index contributed by atoms with van der Waals surface area (Å²) in [6.45, 7) is 5.49. The highest BCUT2D eigenvalue weighted by Crippen LogP contribution is 2.28. The summed E-state index contributed by atoms with van der Waals surface area (Å²) in [5.74, 6) is 0. The van der Waals surface area contributed by atoms with E-state index < -0.39 is 0 Å². The van der Waals surface area contributed by atoms with Gasteiger partial charge in [-0.3, -0.25) is 0 Å². The summed E-state index contributed by atoms with van der Waals surface area (Å²) in [4.78, 5) is 1.48. The third-order valence-corrected chi connectivity index (χ3v) is 4.80. The maximum atomic E-state index is 5.97. The monoisotopic (exact) mass is 307 g/mol. The Bertz CT molecular complexity index is 518. The van der Waals surface area contributed by atoms with Crippen LogP contribution in [0.15, 0.2) is 35.7 Å². The van der Waals surface area contributed by atoms with E-state index in [1.165, 1.54) is 16.0 Å². The van der Waals surface area contributed by atoms with Gasteiger partial charge in [-0.05, 0) is 60.5 Å². The van der Waals surface area contributed by atoms with Crippen LogP contribution in [0, 0.1) is 0 Å². The Hall–Kier alpha value is -0.830. The fourth-order valence-electron chi connectivity index (χ4n) is 2.38. The fourth-order valence-corrected chi connectivity index (χ4v) is 3.58. The summed E-state index contributed by atoms with van der Waals surface area (Å²) in [6, 6.07) is 10.9. The highest BCUT2D eigenvalue weighted by Gasteiger charge is 2.16. The Balaban J connectivity index is 2.17. The number of benzene rings is 1. The second-order valence-electron chi connectivity index (χ2n) is 5.00. The first kappa shape index (κ1) is 15.6. The molecule has 0 saturated carbocycles. The van der Waals surface area contributed by atoms with Gasteiger partial charge in [0.1, 0.15) is 0 Å². The van der Waals surface area contributed by atoms with Crippen molar-refractivity contribution in [2.45, 2.75) is 39.2 Å². The van der Waals surface area contributed by atoms with Gasteiger partial charge in [-0.1, -0.05) is 37.6 Å². The number of aryl methyl sites for hydroxylation is 1. The summed E-state index contributed by atoms with van der Waals surface area (Å²) >= 11 is 7.83. The third-order valence-electron chi connectivity index (χ3n) is 3.47. The zero-order chi connectivity index (χ0) is 14.4. The Morgan fingerprint density at radius 2 is 1.90 bits per heavy atom. The van der Waals surface area contributed by atoms with Crippen molar-refractivity contribution in [2.24, 2.45) is 0 Å². The molecular formula is C17H22ClNS. The Morgan fingerprint density at radius 1 is 1.15 bits per heavy atom. The zero-order valence-corrected chi connectivity index (χ0v) is 13.7. The Labute approximate surface area is 131 Å². The Morgan fingerprint density at radius 3 is 2.55 bits per heavy atom. The maximum Gasteiger partial charge on any atom is 0.0458 e. The van der Waals surface area contributed by atoms with Crippen molar-refractivity contribution >= 4 is 22.9 Å². The molecule has 1 atom stereocenters. The molecule has 1 aromatic carbocycles. The predicted octanol–water partition coefficient (Wildman–Crippen LogP) is 5.25. The van der Waals surface area contributed by atoms with Gasteiger partial charge in [0.25, 0.3) is 0 Å². The molecule has 0 saturated heterocycles. The summed E-state index contributed by atoms with van der Waals surface area (Å²) in [5.41, 5.74) is 2.80. The molecule has 1 nitrogen and oxygen atoms in total. The molecule has 3 heteroatoms. The molecule has 2 aromatic rings. The summed E-state index contributed by atoms with van der Waals surface area (Å²) < 4.78 is 0. The van der Waals surface area contributed by atoms with E-state index >= 15 is 0 Å². The van der Waals surface area contributed by atoms with Gasteiger partial charge in [0.2, 0.25) is 0 Å². The highest BCUT2D eigenvalue weighted by atomic mass is 35.5. The predicted molar refractivity (Wildman–Crippen MR) is 89.9 cm³/mol. The molecule has 20 heavy (non-hydrogen) atoms. The summed E-state index contributed by atoms with van der Waals surface area (Å²) in [7, 11) is 0. The molecule has 0 spiro atoms. The number of thiophene rings is 1. The lowest BCUT2D eigenvalue weighted by molar-refractivity contribution is 0.533. The van der Waals surface area contributed by atoms with E-state index in [0.29, 0.717) is 6.04 Å². The normalized spacial score (nSPS) is 12.6. The van der Waals surface area contributed by atoms with Crippen molar-refractivity contribution in [3.05, 3.63) is 56.7 Å². The highest BCUT2D eigenvalue weighted by molar-refractivity contribution is 7.10. The minimum atomic E-state index is 0.408. The van der Waals surface area contributed by atoms with Crippen LogP contribution in [-0.2, 0) is 12.8 Å². The van der Waals surface area contributed by atoms with E-state index in [0.717, 1.165) is 30.8 Å². The van der Waals surface area contributed by atoms with Crippen LogP contribution in [0.5, 0.6) is 0 Å². The van der Waals surface area contributed by atoms with Gasteiger partial charge < -0.3 is 5.32 Å². The number of hydrogen-bond donors (Lipinski definition) is 1. The van der Waals surface area contributed by atoms with E-state index in [-0.39, 0.29) is 0 Å². The minimum absolute atomic E-state index is 0.408. The molecule has 2 rings (SSSR count). The molecule has 108 valence electrons. The standard InChI is InChI=1S/C17H22ClNS/c1-3-10-19-16(17-14(4-2)9-11-20-17)12-13-5-7-15(18)8-6-13/h5-9,11,16,19H,3-4,10,12H2,1-2H3. The van der Waals surface area contributed by atoms with Gasteiger partial charge in [0.15, 0.2) is 0 Å². The Kier molecular flexibility index (Phi) is 6.08. The molecule has 0 aliphatic rings. The molecule has 0 aliphatic heterocycles. The number of nitrogens with one attached hydrogen (secondary N) is 1. The molecule has 1 aromatic heterocycles. The van der Waals surface area contributed by atoms with Gasteiger partial charge in [0.05, 0.1) is 0 Å². The molecule has 0 fully saturated rings. The first-order valence-electron chi connectivity index (χ1n) is 7.28. The van der Waals surface area contributed by atoms with Gasteiger partial charge in [0, 0.05) is 15.9 Å². The molecule has 0 bridgehead atoms. The lowest BCUT2D eigenvalue weighted by Gasteiger charge is -2.19. The van der Waals surface area contributed by atoms with Crippen LogP contribution in [0.3, 0.4) is 0 Å². The number of hydrogen-bond acceptors (Lipinski definition) is 2. The molecular weight excluding hydrogens is 286 g/mol. The van der Waals surface area contributed by atoms with Gasteiger partial charge in [-0.25, -0.2) is 0 Å². The van der Waals surface area contributed by atoms with Crippen molar-refractivity contribution in [1.29, 1.82) is 0 Å². The molecule has 0 aliphatic carbocycles. The summed E-state index contributed by atoms with van der Waals surface area (Å²) in [6.07, 6.45) is 3.28. The minimum Gasteiger partial charge on any atom is -0.309 e. The average molecular weight is 308 g/mol. The van der Waals surface area contributed by atoms with Crippen LogP contribution in [0.25, 0.3) is 0 Å². The fraction of sp³-hybridized carbons (Fsp3) is 0.412. The van der Waals surface area contributed by atoms with Gasteiger partial charge in [-0.2, -0.15) is 0 Å². The molecule has 1 heterocycles. The van der Waals surface area contributed by atoms with Crippen molar-refractivity contribution < 1.29 is 0 Å². The number of halogens is 1. The molecule has 1 N–H and O–H groups in total. The van der Waals surface area contributed by atoms with E-state index in [2.05, 4.69) is 42.7 Å². The van der Waals surface area contributed by atoms with Crippen LogP contribution in [0.1, 0.15) is 42.3 Å². The SMILES string of the molecule is CCCNC(Cc1ccc(Cl)cc1)c1sccc1CC. The topological polar surface area (TPSA) is 12.0 Å². The quantitative estimate of drug-likeness (QED) is 0.737. The van der Waals surface area contributed by atoms with Gasteiger partial charge >= 0.3 is 0 Å². The molecule has 0 radical (unpaired) electrons. The van der Waals surface area contributed by atoms with Crippen molar-refractivity contribution in [2.75, 3.05) is 6.54 Å². The molecule has 1 unspecified atom stereocenters. The molecule has 0 amide bonds. The lowest BCUT2D eigenvalue weighted by Crippen LogP contribution is -2.24. The maximum absolute atomic E-state index is 5.97. The van der Waals surface area contributed by atoms with Crippen LogP contribution in [0.4, 0.5) is 0 Å². The summed E-state index contributed by atoms with van der Waals surface area (Å²) in [5, 5.41) is 6.70. The van der Waals surface area contributed by atoms with Crippen molar-refractivity contribution in [3.8, 4) is 0 Å². The van der Waals surface area contributed by atoms with Crippen molar-refractivity contribution in [3.63, 3.8) is 0 Å². The van der Waals surface area contributed by atoms with E-state index in [1.54, 1.807) is 0 Å². The largest absolute Gasteiger partial charge is 0.309 e. The van der Waals surface area contributed by atoms with Crippen LogP contribution in [0.2, 0.25) is 5.02 Å². The van der Waals surface area contributed by atoms with Crippen LogP contribution >= 0.6 is 22.9 Å². The lowest BCUT2D eigenvalue weighted by atomic mass is 10.0. The second kappa shape index (κ2) is 7.82. The first-order valence-corrected chi connectivity index (χ1v) is 8.54. The van der Waals surface area contributed by atoms with Gasteiger partial charge in [-0.15, -0.1) is 11.3 Å². The second-order valence-corrected chi connectivity index (χ2v) is 6.39. The van der Waals surface area contributed by atoms with Crippen LogP contribution < -0.4 is 5.32 Å². The smallest absolute Gasteiger partial charge is 0.0458 e. The van der Waals surface area contributed by atoms with Crippen molar-refractivity contribution in [1.82, 2.24) is 5.32 Å². The van der Waals surface area contributed by atoms with E-state index in [9.17, 15) is 0 Å². The zero-order valence-electron chi connectivity index (χ0n) is 12.2.